The lowest BCUT2D eigenvalue weighted by Crippen LogP contribution is -2.44. The van der Waals surface area contributed by atoms with Gasteiger partial charge in [-0.1, -0.05) is 6.07 Å². The number of piperidine rings is 1. The van der Waals surface area contributed by atoms with Gasteiger partial charge in [0.25, 0.3) is 0 Å². The van der Waals surface area contributed by atoms with Crippen molar-refractivity contribution in [1.29, 1.82) is 0 Å². The fourth-order valence-electron chi connectivity index (χ4n) is 2.07. The Labute approximate surface area is 103 Å². The van der Waals surface area contributed by atoms with Crippen LogP contribution < -0.4 is 10.6 Å². The lowest BCUT2D eigenvalue weighted by atomic mass is 10.1. The fourth-order valence-corrected chi connectivity index (χ4v) is 2.07. The Hall–Kier alpha value is -0.640. The molecular weight excluding hydrogens is 222 g/mol. The van der Waals surface area contributed by atoms with Gasteiger partial charge in [0, 0.05) is 24.8 Å². The molecule has 3 nitrogen and oxygen atoms in total. The first-order chi connectivity index (χ1) is 7.36. The van der Waals surface area contributed by atoms with Crippen molar-refractivity contribution in [2.75, 3.05) is 13.1 Å². The zero-order chi connectivity index (χ0) is 10.5. The van der Waals surface area contributed by atoms with E-state index in [1.807, 2.05) is 18.3 Å². The van der Waals surface area contributed by atoms with Gasteiger partial charge < -0.3 is 10.6 Å². The first-order valence-electron chi connectivity index (χ1n) is 5.74. The van der Waals surface area contributed by atoms with Gasteiger partial charge in [0.15, 0.2) is 0 Å². The van der Waals surface area contributed by atoms with E-state index in [0.717, 1.165) is 18.8 Å². The summed E-state index contributed by atoms with van der Waals surface area (Å²) in [6.45, 7) is 4.42. The van der Waals surface area contributed by atoms with Crippen LogP contribution in [0.3, 0.4) is 0 Å². The number of hydrogen-bond donors (Lipinski definition) is 2. The van der Waals surface area contributed by atoms with Crippen molar-refractivity contribution in [3.05, 3.63) is 30.1 Å². The molecule has 1 saturated heterocycles. The minimum Gasteiger partial charge on any atom is -0.315 e. The van der Waals surface area contributed by atoms with E-state index in [2.05, 4.69) is 28.6 Å². The molecule has 2 atom stereocenters. The molecule has 2 rings (SSSR count). The summed E-state index contributed by atoms with van der Waals surface area (Å²) in [5.74, 6) is 0. The zero-order valence-corrected chi connectivity index (χ0v) is 10.5. The maximum absolute atomic E-state index is 4.36. The van der Waals surface area contributed by atoms with Crippen LogP contribution in [0.25, 0.3) is 0 Å². The highest BCUT2D eigenvalue weighted by atomic mass is 35.5. The number of halogens is 1. The molecule has 1 fully saturated rings. The monoisotopic (exact) mass is 241 g/mol. The third-order valence-corrected chi connectivity index (χ3v) is 2.91. The molecule has 0 aliphatic carbocycles. The van der Waals surface area contributed by atoms with Gasteiger partial charge in [0.2, 0.25) is 0 Å². The quantitative estimate of drug-likeness (QED) is 0.849. The van der Waals surface area contributed by atoms with Gasteiger partial charge in [-0.05, 0) is 38.4 Å². The Balaban J connectivity index is 0.00000128. The number of pyridine rings is 1. The summed E-state index contributed by atoms with van der Waals surface area (Å²) < 4.78 is 0. The van der Waals surface area contributed by atoms with E-state index >= 15 is 0 Å². The molecule has 1 aromatic rings. The molecule has 2 N–H and O–H groups in total. The minimum atomic E-state index is 0. The van der Waals surface area contributed by atoms with Crippen molar-refractivity contribution in [2.24, 2.45) is 0 Å². The molecule has 0 radical (unpaired) electrons. The first kappa shape index (κ1) is 13.4. The molecule has 0 spiro atoms. The summed E-state index contributed by atoms with van der Waals surface area (Å²) in [7, 11) is 0. The zero-order valence-electron chi connectivity index (χ0n) is 9.65. The predicted octanol–water partition coefficient (Wildman–Crippen LogP) is 1.91. The highest BCUT2D eigenvalue weighted by Gasteiger charge is 2.16. The highest BCUT2D eigenvalue weighted by Crippen LogP contribution is 2.11. The maximum atomic E-state index is 4.36. The average Bonchev–Trinajstić information content (AvgIpc) is 2.31. The van der Waals surface area contributed by atoms with Gasteiger partial charge in [0.1, 0.15) is 0 Å². The molecular formula is C12H20ClN3. The Morgan fingerprint density at radius 1 is 1.50 bits per heavy atom. The molecule has 1 unspecified atom stereocenters. The van der Waals surface area contributed by atoms with Gasteiger partial charge >= 0.3 is 0 Å². The molecule has 2 heterocycles. The van der Waals surface area contributed by atoms with Crippen LogP contribution in [0, 0.1) is 0 Å². The van der Waals surface area contributed by atoms with Crippen LogP contribution in [-0.2, 0) is 0 Å². The van der Waals surface area contributed by atoms with Crippen LogP contribution in [0.5, 0.6) is 0 Å². The van der Waals surface area contributed by atoms with E-state index in [1.54, 1.807) is 0 Å². The van der Waals surface area contributed by atoms with Gasteiger partial charge in [-0.25, -0.2) is 0 Å². The largest absolute Gasteiger partial charge is 0.315 e. The maximum Gasteiger partial charge on any atom is 0.0570 e. The lowest BCUT2D eigenvalue weighted by molar-refractivity contribution is 0.359. The smallest absolute Gasteiger partial charge is 0.0570 e. The van der Waals surface area contributed by atoms with E-state index < -0.39 is 0 Å². The van der Waals surface area contributed by atoms with E-state index in [9.17, 15) is 0 Å². The normalized spacial score (nSPS) is 22.2. The summed E-state index contributed by atoms with van der Waals surface area (Å²) in [6.07, 6.45) is 4.39. The van der Waals surface area contributed by atoms with Gasteiger partial charge in [-0.15, -0.1) is 12.4 Å². The molecule has 1 aromatic heterocycles. The van der Waals surface area contributed by atoms with Crippen LogP contribution in [0.2, 0.25) is 0 Å². The summed E-state index contributed by atoms with van der Waals surface area (Å²) >= 11 is 0. The Morgan fingerprint density at radius 3 is 3.00 bits per heavy atom. The molecule has 16 heavy (non-hydrogen) atoms. The van der Waals surface area contributed by atoms with E-state index in [1.165, 1.54) is 12.8 Å². The van der Waals surface area contributed by atoms with Crippen molar-refractivity contribution in [1.82, 2.24) is 15.6 Å². The third-order valence-electron chi connectivity index (χ3n) is 2.91. The second-order valence-corrected chi connectivity index (χ2v) is 4.19. The number of rotatable bonds is 3. The molecule has 4 heteroatoms. The molecule has 1 aliphatic heterocycles. The molecule has 90 valence electrons. The van der Waals surface area contributed by atoms with E-state index in [-0.39, 0.29) is 12.4 Å². The summed E-state index contributed by atoms with van der Waals surface area (Å²) in [6, 6.07) is 7.01. The average molecular weight is 242 g/mol. The van der Waals surface area contributed by atoms with Crippen molar-refractivity contribution in [3.63, 3.8) is 0 Å². The van der Waals surface area contributed by atoms with Crippen LogP contribution in [-0.4, -0.2) is 24.1 Å². The van der Waals surface area contributed by atoms with Gasteiger partial charge in [-0.3, -0.25) is 4.98 Å². The highest BCUT2D eigenvalue weighted by molar-refractivity contribution is 5.85. The Kier molecular flexibility index (Phi) is 5.74. The second-order valence-electron chi connectivity index (χ2n) is 4.19. The van der Waals surface area contributed by atoms with Gasteiger partial charge in [-0.2, -0.15) is 0 Å². The van der Waals surface area contributed by atoms with Crippen molar-refractivity contribution >= 4 is 12.4 Å². The lowest BCUT2D eigenvalue weighted by Gasteiger charge is -2.27. The third kappa shape index (κ3) is 3.74. The van der Waals surface area contributed by atoms with Crippen molar-refractivity contribution in [3.8, 4) is 0 Å². The fraction of sp³-hybridized carbons (Fsp3) is 0.583. The molecule has 1 aliphatic rings. The number of hydrogen-bond acceptors (Lipinski definition) is 3. The van der Waals surface area contributed by atoms with Crippen LogP contribution in [0.15, 0.2) is 24.4 Å². The topological polar surface area (TPSA) is 37.0 Å². The molecule has 0 amide bonds. The number of nitrogens with zero attached hydrogens (tertiary/aromatic N) is 1. The number of nitrogens with one attached hydrogen (secondary N) is 2. The van der Waals surface area contributed by atoms with E-state index in [4.69, 9.17) is 0 Å². The summed E-state index contributed by atoms with van der Waals surface area (Å²) in [5.41, 5.74) is 1.13. The van der Waals surface area contributed by atoms with Gasteiger partial charge in [0.05, 0.1) is 5.69 Å². The predicted molar refractivity (Wildman–Crippen MR) is 68.9 cm³/mol. The summed E-state index contributed by atoms with van der Waals surface area (Å²) in [4.78, 5) is 4.36. The minimum absolute atomic E-state index is 0. The molecule has 0 aromatic carbocycles. The van der Waals surface area contributed by atoms with Crippen LogP contribution in [0.4, 0.5) is 0 Å². The Morgan fingerprint density at radius 2 is 2.38 bits per heavy atom. The number of aromatic nitrogens is 1. The van der Waals surface area contributed by atoms with Crippen LogP contribution in [0.1, 0.15) is 31.5 Å². The second kappa shape index (κ2) is 6.84. The standard InChI is InChI=1S/C12H19N3.ClH/c1-10(12-6-2-3-8-14-12)15-11-5-4-7-13-9-11;/h2-3,6,8,10-11,13,15H,4-5,7,9H2,1H3;1H/t10?,11-;/m0./s1. The molecule has 0 saturated carbocycles. The van der Waals surface area contributed by atoms with Crippen molar-refractivity contribution < 1.29 is 0 Å². The first-order valence-corrected chi connectivity index (χ1v) is 5.74. The van der Waals surface area contributed by atoms with E-state index in [0.29, 0.717) is 12.1 Å². The molecule has 0 bridgehead atoms. The van der Waals surface area contributed by atoms with Crippen molar-refractivity contribution in [2.45, 2.75) is 31.8 Å². The Bertz CT molecular complexity index is 286. The van der Waals surface area contributed by atoms with Crippen LogP contribution >= 0.6 is 12.4 Å². The SMILES string of the molecule is CC(N[C@H]1CCCNC1)c1ccccn1.Cl. The summed E-state index contributed by atoms with van der Waals surface area (Å²) in [5, 5.41) is 7.02.